The van der Waals surface area contributed by atoms with E-state index in [4.69, 9.17) is 9.47 Å². The maximum absolute atomic E-state index is 5.63. The molecule has 1 atom stereocenters. The zero-order valence-electron chi connectivity index (χ0n) is 8.27. The van der Waals surface area contributed by atoms with Crippen LogP contribution in [0.25, 0.3) is 0 Å². The molecule has 3 nitrogen and oxygen atoms in total. The van der Waals surface area contributed by atoms with E-state index in [1.807, 2.05) is 24.3 Å². The SMILES string of the molecule is COc1ccccc1C1C[N]CCO1. The maximum atomic E-state index is 5.63. The molecule has 1 aromatic rings. The van der Waals surface area contributed by atoms with Crippen LogP contribution in [0.4, 0.5) is 0 Å². The van der Waals surface area contributed by atoms with Gasteiger partial charge in [-0.2, -0.15) is 0 Å². The van der Waals surface area contributed by atoms with Crippen molar-refractivity contribution in [2.45, 2.75) is 6.10 Å². The molecule has 3 heteroatoms. The summed E-state index contributed by atoms with van der Waals surface area (Å²) in [4.78, 5) is 0. The van der Waals surface area contributed by atoms with Gasteiger partial charge in [0.1, 0.15) is 11.9 Å². The quantitative estimate of drug-likeness (QED) is 0.709. The molecule has 14 heavy (non-hydrogen) atoms. The standard InChI is InChI=1S/C11H14NO2/c1-13-10-5-3-2-4-9(10)11-8-12-6-7-14-11/h2-5,11H,6-8H2,1H3. The Morgan fingerprint density at radius 1 is 1.43 bits per heavy atom. The lowest BCUT2D eigenvalue weighted by molar-refractivity contribution is 0.0246. The van der Waals surface area contributed by atoms with Gasteiger partial charge in [-0.3, -0.25) is 0 Å². The number of para-hydroxylation sites is 1. The molecule has 1 unspecified atom stereocenters. The number of hydrogen-bond acceptors (Lipinski definition) is 2. The third kappa shape index (κ3) is 1.89. The lowest BCUT2D eigenvalue weighted by atomic mass is 10.1. The van der Waals surface area contributed by atoms with E-state index in [1.165, 1.54) is 0 Å². The molecule has 0 saturated carbocycles. The minimum Gasteiger partial charge on any atom is -0.496 e. The highest BCUT2D eigenvalue weighted by Gasteiger charge is 2.19. The van der Waals surface area contributed by atoms with E-state index >= 15 is 0 Å². The van der Waals surface area contributed by atoms with Crippen LogP contribution in [0.1, 0.15) is 11.7 Å². The molecule has 1 aliphatic heterocycles. The molecule has 1 radical (unpaired) electrons. The molecule has 1 aromatic carbocycles. The van der Waals surface area contributed by atoms with Crippen LogP contribution in [-0.2, 0) is 4.74 Å². The van der Waals surface area contributed by atoms with Gasteiger partial charge in [-0.05, 0) is 6.07 Å². The fourth-order valence-corrected chi connectivity index (χ4v) is 1.64. The number of methoxy groups -OCH3 is 1. The Hall–Kier alpha value is -1.06. The molecule has 1 saturated heterocycles. The first-order chi connectivity index (χ1) is 6.92. The van der Waals surface area contributed by atoms with Gasteiger partial charge in [0.15, 0.2) is 0 Å². The van der Waals surface area contributed by atoms with Gasteiger partial charge in [0, 0.05) is 18.7 Å². The Bertz CT molecular complexity index is 295. The third-order valence-electron chi connectivity index (χ3n) is 2.35. The monoisotopic (exact) mass is 192 g/mol. The Balaban J connectivity index is 2.20. The normalized spacial score (nSPS) is 21.9. The van der Waals surface area contributed by atoms with Crippen molar-refractivity contribution in [3.05, 3.63) is 29.8 Å². The fourth-order valence-electron chi connectivity index (χ4n) is 1.64. The van der Waals surface area contributed by atoms with Crippen LogP contribution in [0.15, 0.2) is 24.3 Å². The summed E-state index contributed by atoms with van der Waals surface area (Å²) < 4.78 is 10.9. The van der Waals surface area contributed by atoms with E-state index < -0.39 is 0 Å². The Kier molecular flexibility index (Phi) is 3.01. The van der Waals surface area contributed by atoms with Crippen molar-refractivity contribution < 1.29 is 9.47 Å². The van der Waals surface area contributed by atoms with E-state index in [0.717, 1.165) is 24.4 Å². The van der Waals surface area contributed by atoms with Crippen LogP contribution in [0.2, 0.25) is 0 Å². The van der Waals surface area contributed by atoms with Crippen LogP contribution in [-0.4, -0.2) is 26.8 Å². The largest absolute Gasteiger partial charge is 0.496 e. The molecular weight excluding hydrogens is 178 g/mol. The second kappa shape index (κ2) is 4.44. The molecule has 0 spiro atoms. The van der Waals surface area contributed by atoms with Gasteiger partial charge in [-0.1, -0.05) is 18.2 Å². The number of morpholine rings is 1. The molecule has 0 amide bonds. The number of ether oxygens (including phenoxy) is 2. The van der Waals surface area contributed by atoms with E-state index in [9.17, 15) is 0 Å². The van der Waals surface area contributed by atoms with Crippen molar-refractivity contribution in [1.29, 1.82) is 0 Å². The second-order valence-corrected chi connectivity index (χ2v) is 3.23. The lowest BCUT2D eigenvalue weighted by Gasteiger charge is -2.24. The summed E-state index contributed by atoms with van der Waals surface area (Å²) in [6.07, 6.45) is 0.0694. The van der Waals surface area contributed by atoms with Gasteiger partial charge in [0.25, 0.3) is 0 Å². The number of rotatable bonds is 2. The lowest BCUT2D eigenvalue weighted by Crippen LogP contribution is -2.28. The van der Waals surface area contributed by atoms with E-state index in [0.29, 0.717) is 6.61 Å². The van der Waals surface area contributed by atoms with Crippen LogP contribution in [0.5, 0.6) is 5.75 Å². The summed E-state index contributed by atoms with van der Waals surface area (Å²) in [5.41, 5.74) is 1.10. The summed E-state index contributed by atoms with van der Waals surface area (Å²) in [5.74, 6) is 0.884. The van der Waals surface area contributed by atoms with Gasteiger partial charge in [-0.15, -0.1) is 0 Å². The molecule has 1 aliphatic rings. The predicted molar refractivity (Wildman–Crippen MR) is 53.6 cm³/mol. The molecular formula is C11H14NO2. The smallest absolute Gasteiger partial charge is 0.124 e. The molecule has 0 N–H and O–H groups in total. The first-order valence-corrected chi connectivity index (χ1v) is 4.79. The first-order valence-electron chi connectivity index (χ1n) is 4.79. The maximum Gasteiger partial charge on any atom is 0.124 e. The summed E-state index contributed by atoms with van der Waals surface area (Å²) >= 11 is 0. The Labute approximate surface area is 84.0 Å². The third-order valence-corrected chi connectivity index (χ3v) is 2.35. The second-order valence-electron chi connectivity index (χ2n) is 3.23. The van der Waals surface area contributed by atoms with E-state index in [-0.39, 0.29) is 6.10 Å². The van der Waals surface area contributed by atoms with Gasteiger partial charge >= 0.3 is 0 Å². The van der Waals surface area contributed by atoms with Gasteiger partial charge in [0.2, 0.25) is 0 Å². The highest BCUT2D eigenvalue weighted by atomic mass is 16.5. The molecule has 1 heterocycles. The highest BCUT2D eigenvalue weighted by molar-refractivity contribution is 5.35. The van der Waals surface area contributed by atoms with Crippen molar-refractivity contribution >= 4 is 0 Å². The number of hydrogen-bond donors (Lipinski definition) is 0. The summed E-state index contributed by atoms with van der Waals surface area (Å²) in [6.45, 7) is 2.26. The van der Waals surface area contributed by atoms with Crippen LogP contribution in [0.3, 0.4) is 0 Å². The molecule has 2 rings (SSSR count). The minimum absolute atomic E-state index is 0.0694. The molecule has 75 valence electrons. The van der Waals surface area contributed by atoms with E-state index in [1.54, 1.807) is 7.11 Å². The summed E-state index contributed by atoms with van der Waals surface area (Å²) in [7, 11) is 1.68. The van der Waals surface area contributed by atoms with Crippen molar-refractivity contribution in [1.82, 2.24) is 5.32 Å². The zero-order chi connectivity index (χ0) is 9.80. The predicted octanol–water partition coefficient (Wildman–Crippen LogP) is 1.37. The highest BCUT2D eigenvalue weighted by Crippen LogP contribution is 2.27. The van der Waals surface area contributed by atoms with Crippen molar-refractivity contribution in [3.63, 3.8) is 0 Å². The molecule has 0 aromatic heterocycles. The van der Waals surface area contributed by atoms with Gasteiger partial charge < -0.3 is 9.47 Å². The fraction of sp³-hybridized carbons (Fsp3) is 0.455. The number of nitrogens with zero attached hydrogens (tertiary/aromatic N) is 1. The topological polar surface area (TPSA) is 32.6 Å². The van der Waals surface area contributed by atoms with Crippen LogP contribution >= 0.6 is 0 Å². The average molecular weight is 192 g/mol. The zero-order valence-corrected chi connectivity index (χ0v) is 8.27. The van der Waals surface area contributed by atoms with Gasteiger partial charge in [-0.25, -0.2) is 5.32 Å². The Morgan fingerprint density at radius 3 is 3.00 bits per heavy atom. The van der Waals surface area contributed by atoms with Crippen molar-refractivity contribution in [2.24, 2.45) is 0 Å². The van der Waals surface area contributed by atoms with Crippen molar-refractivity contribution in [2.75, 3.05) is 26.8 Å². The Morgan fingerprint density at radius 2 is 2.29 bits per heavy atom. The summed E-state index contributed by atoms with van der Waals surface area (Å²) in [5, 5.41) is 4.33. The molecule has 1 fully saturated rings. The van der Waals surface area contributed by atoms with Crippen LogP contribution in [0, 0.1) is 0 Å². The molecule has 0 bridgehead atoms. The summed E-state index contributed by atoms with van der Waals surface area (Å²) in [6, 6.07) is 7.94. The van der Waals surface area contributed by atoms with Gasteiger partial charge in [0.05, 0.1) is 13.7 Å². The first kappa shape index (κ1) is 9.49. The number of benzene rings is 1. The minimum atomic E-state index is 0.0694. The van der Waals surface area contributed by atoms with Crippen molar-refractivity contribution in [3.8, 4) is 5.75 Å². The average Bonchev–Trinajstić information content (AvgIpc) is 2.30. The van der Waals surface area contributed by atoms with Crippen LogP contribution < -0.4 is 10.1 Å². The van der Waals surface area contributed by atoms with E-state index in [2.05, 4.69) is 5.32 Å². The molecule has 0 aliphatic carbocycles.